The summed E-state index contributed by atoms with van der Waals surface area (Å²) in [5.41, 5.74) is -9.28. The Morgan fingerprint density at radius 1 is 1.06 bits per heavy atom. The molecule has 3 aliphatic rings. The van der Waals surface area contributed by atoms with Crippen molar-refractivity contribution in [3.63, 3.8) is 0 Å². The van der Waals surface area contributed by atoms with E-state index in [-0.39, 0.29) is 31.1 Å². The van der Waals surface area contributed by atoms with Gasteiger partial charge in [-0.05, 0) is 47.5 Å². The van der Waals surface area contributed by atoms with Gasteiger partial charge in [-0.3, -0.25) is 4.79 Å². The maximum Gasteiger partial charge on any atom is 0.315 e. The fraction of sp³-hybridized carbons (Fsp3) is 0.909. The average Bonchev–Trinajstić information content (AvgIpc) is 3.27. The number of thioether (sulfide) groups is 1. The number of nitrogens with one attached hydrogen (secondary N) is 2. The Hall–Kier alpha value is -1.11. The minimum atomic E-state index is -2.09. The van der Waals surface area contributed by atoms with E-state index in [2.05, 4.69) is 10.6 Å². The molecule has 3 unspecified atom stereocenters. The van der Waals surface area contributed by atoms with Crippen LogP contribution in [0.1, 0.15) is 60.3 Å². The van der Waals surface area contributed by atoms with Crippen molar-refractivity contribution in [1.82, 2.24) is 10.6 Å². The summed E-state index contributed by atoms with van der Waals surface area (Å²) in [5, 5.41) is 49.3. The third-order valence-corrected chi connectivity index (χ3v) is 9.78. The van der Waals surface area contributed by atoms with E-state index in [1.807, 2.05) is 11.8 Å². The van der Waals surface area contributed by atoms with E-state index in [9.17, 15) is 30.0 Å². The molecule has 10 nitrogen and oxygen atoms in total. The molecule has 0 radical (unpaired) electrons. The maximum absolute atomic E-state index is 12.4. The number of unbranched alkanes of at least 4 members (excludes halogenated alkanes) is 1. The Morgan fingerprint density at radius 2 is 1.70 bits per heavy atom. The summed E-state index contributed by atoms with van der Waals surface area (Å²) in [6.07, 6.45) is 2.48. The second-order valence-corrected chi connectivity index (χ2v) is 11.7. The number of carbonyl (C=O) groups excluding carboxylic acids is 2. The van der Waals surface area contributed by atoms with Crippen molar-refractivity contribution in [2.45, 2.75) is 106 Å². The highest BCUT2D eigenvalue weighted by Crippen LogP contribution is 2.53. The molecule has 190 valence electrons. The SMILES string of the molecule is CC1(O)[C@@](C)(COC(=O)CCCCC2SC[C@@H]3NC(=O)N[C@H]23)OC(C)(CO)[C@@](C)(O)[C@@]1(C)O. The molecule has 0 spiro atoms. The average molecular weight is 491 g/mol. The van der Waals surface area contributed by atoms with Crippen molar-refractivity contribution < 1.29 is 39.5 Å². The van der Waals surface area contributed by atoms with Crippen LogP contribution in [0, 0.1) is 0 Å². The van der Waals surface area contributed by atoms with E-state index in [0.29, 0.717) is 11.7 Å². The monoisotopic (exact) mass is 490 g/mol. The number of hydrogen-bond acceptors (Lipinski definition) is 9. The topological polar surface area (TPSA) is 158 Å². The number of aliphatic hydroxyl groups is 4. The second kappa shape index (κ2) is 8.83. The lowest BCUT2D eigenvalue weighted by atomic mass is 9.58. The van der Waals surface area contributed by atoms with E-state index in [0.717, 1.165) is 18.6 Å². The summed E-state index contributed by atoms with van der Waals surface area (Å²) in [6.45, 7) is 5.82. The molecule has 33 heavy (non-hydrogen) atoms. The molecule has 3 saturated heterocycles. The van der Waals surface area contributed by atoms with Crippen LogP contribution < -0.4 is 10.6 Å². The van der Waals surface area contributed by atoms with E-state index in [4.69, 9.17) is 9.47 Å². The zero-order valence-corrected chi connectivity index (χ0v) is 20.8. The largest absolute Gasteiger partial charge is 0.462 e. The lowest BCUT2D eigenvalue weighted by molar-refractivity contribution is -0.406. The number of ether oxygens (including phenoxy) is 2. The number of amides is 2. The van der Waals surface area contributed by atoms with Crippen molar-refractivity contribution in [2.75, 3.05) is 19.0 Å². The number of rotatable bonds is 8. The molecule has 3 heterocycles. The molecule has 3 aliphatic heterocycles. The first-order valence-corrected chi connectivity index (χ1v) is 12.5. The first-order chi connectivity index (χ1) is 15.1. The van der Waals surface area contributed by atoms with Gasteiger partial charge in [-0.25, -0.2) is 4.79 Å². The van der Waals surface area contributed by atoms with Crippen molar-refractivity contribution >= 4 is 23.8 Å². The molecular formula is C22H38N2O8S. The number of urea groups is 1. The van der Waals surface area contributed by atoms with Crippen LogP contribution in [0.25, 0.3) is 0 Å². The van der Waals surface area contributed by atoms with Crippen LogP contribution in [0.3, 0.4) is 0 Å². The number of carbonyl (C=O) groups is 2. The van der Waals surface area contributed by atoms with Gasteiger partial charge in [0.25, 0.3) is 0 Å². The zero-order valence-electron chi connectivity index (χ0n) is 20.0. The number of esters is 1. The fourth-order valence-corrected chi connectivity index (χ4v) is 6.65. The van der Waals surface area contributed by atoms with Gasteiger partial charge in [0, 0.05) is 17.4 Å². The van der Waals surface area contributed by atoms with E-state index in [1.165, 1.54) is 34.6 Å². The van der Waals surface area contributed by atoms with Gasteiger partial charge < -0.3 is 40.5 Å². The molecule has 0 saturated carbocycles. The Balaban J connectivity index is 1.52. The summed E-state index contributed by atoms with van der Waals surface area (Å²) in [6, 6.07) is 0.181. The van der Waals surface area contributed by atoms with Crippen LogP contribution in [0.15, 0.2) is 0 Å². The van der Waals surface area contributed by atoms with Crippen LogP contribution in [0.5, 0.6) is 0 Å². The van der Waals surface area contributed by atoms with Gasteiger partial charge in [-0.15, -0.1) is 0 Å². The van der Waals surface area contributed by atoms with Crippen molar-refractivity contribution in [1.29, 1.82) is 0 Å². The molecule has 8 atom stereocenters. The van der Waals surface area contributed by atoms with Crippen molar-refractivity contribution in [3.05, 3.63) is 0 Å². The Kier molecular flexibility index (Phi) is 7.09. The number of hydrogen-bond donors (Lipinski definition) is 6. The molecule has 6 N–H and O–H groups in total. The Morgan fingerprint density at radius 3 is 2.33 bits per heavy atom. The zero-order chi connectivity index (χ0) is 24.9. The van der Waals surface area contributed by atoms with E-state index in [1.54, 1.807) is 0 Å². The fourth-order valence-electron chi connectivity index (χ4n) is 5.10. The summed E-state index contributed by atoms with van der Waals surface area (Å²) < 4.78 is 11.3. The summed E-state index contributed by atoms with van der Waals surface area (Å²) >= 11 is 1.82. The molecule has 0 aromatic rings. The quantitative estimate of drug-likeness (QED) is 0.157. The van der Waals surface area contributed by atoms with Crippen molar-refractivity contribution in [2.24, 2.45) is 0 Å². The summed E-state index contributed by atoms with van der Waals surface area (Å²) in [4.78, 5) is 23.9. The normalized spacial score (nSPS) is 47.1. The smallest absolute Gasteiger partial charge is 0.315 e. The van der Waals surface area contributed by atoms with Gasteiger partial charge in [0.1, 0.15) is 34.6 Å². The molecule has 0 aromatic carbocycles. The Labute approximate surface area is 198 Å². The predicted octanol–water partition coefficient (Wildman–Crippen LogP) is 0.0483. The van der Waals surface area contributed by atoms with Crippen LogP contribution in [-0.4, -0.2) is 96.7 Å². The van der Waals surface area contributed by atoms with E-state index < -0.39 is 40.6 Å². The summed E-state index contributed by atoms with van der Waals surface area (Å²) in [5.74, 6) is 0.420. The minimum Gasteiger partial charge on any atom is -0.462 e. The van der Waals surface area contributed by atoms with Gasteiger partial charge in [0.2, 0.25) is 0 Å². The van der Waals surface area contributed by atoms with Gasteiger partial charge in [-0.2, -0.15) is 11.8 Å². The van der Waals surface area contributed by atoms with Crippen LogP contribution >= 0.6 is 11.8 Å². The maximum atomic E-state index is 12.4. The second-order valence-electron chi connectivity index (χ2n) is 10.5. The van der Waals surface area contributed by atoms with Gasteiger partial charge in [0.05, 0.1) is 18.7 Å². The Bertz CT molecular complexity index is 775. The standard InChI is InChI=1S/C22H38N2O8S/c1-18(11-25)20(3,28)22(5,30)21(4,29)19(2,32-18)12-31-15(26)9-7-6-8-14-16-13(10-33-14)23-17(27)24-16/h13-14,16,25,28-30H,6-12H2,1-5H3,(H2,23,24,27)/t13-,14?,16-,18?,19+,20+,21?,22+/m0/s1. The van der Waals surface area contributed by atoms with Crippen LogP contribution in [0.2, 0.25) is 0 Å². The van der Waals surface area contributed by atoms with Crippen LogP contribution in [-0.2, 0) is 14.3 Å². The lowest BCUT2D eigenvalue weighted by Gasteiger charge is -2.65. The minimum absolute atomic E-state index is 0.119. The molecule has 3 fully saturated rings. The number of aliphatic hydroxyl groups excluding tert-OH is 1. The third-order valence-electron chi connectivity index (χ3n) is 8.27. The molecule has 11 heteroatoms. The van der Waals surface area contributed by atoms with Gasteiger partial charge in [0.15, 0.2) is 0 Å². The lowest BCUT2D eigenvalue weighted by Crippen LogP contribution is -2.85. The number of fused-ring (bicyclic) bond motifs is 1. The highest BCUT2D eigenvalue weighted by atomic mass is 32.2. The first-order valence-electron chi connectivity index (χ1n) is 11.4. The van der Waals surface area contributed by atoms with Crippen molar-refractivity contribution in [3.8, 4) is 0 Å². The van der Waals surface area contributed by atoms with E-state index >= 15 is 0 Å². The molecule has 0 aromatic heterocycles. The molecular weight excluding hydrogens is 452 g/mol. The van der Waals surface area contributed by atoms with Crippen LogP contribution in [0.4, 0.5) is 4.79 Å². The summed E-state index contributed by atoms with van der Waals surface area (Å²) in [7, 11) is 0. The first kappa shape index (κ1) is 26.5. The third kappa shape index (κ3) is 4.25. The highest BCUT2D eigenvalue weighted by molar-refractivity contribution is 8.00. The molecule has 0 aliphatic carbocycles. The predicted molar refractivity (Wildman–Crippen MR) is 122 cm³/mol. The molecule has 3 rings (SSSR count). The molecule has 0 bridgehead atoms. The highest BCUT2D eigenvalue weighted by Gasteiger charge is 2.74. The van der Waals surface area contributed by atoms with Gasteiger partial charge >= 0.3 is 12.0 Å². The molecule has 2 amide bonds. The van der Waals surface area contributed by atoms with Gasteiger partial charge in [-0.1, -0.05) is 6.42 Å².